The predicted octanol–water partition coefficient (Wildman–Crippen LogP) is 0.0805. The van der Waals surface area contributed by atoms with E-state index in [-0.39, 0.29) is 19.0 Å². The van der Waals surface area contributed by atoms with Gasteiger partial charge in [0.05, 0.1) is 6.10 Å². The second kappa shape index (κ2) is 6.37. The maximum absolute atomic E-state index is 11.0. The highest BCUT2D eigenvalue weighted by Crippen LogP contribution is 2.00. The molecular formula is C9H17NO4. The summed E-state index contributed by atoms with van der Waals surface area (Å²) < 4.78 is 0. The van der Waals surface area contributed by atoms with Crippen LogP contribution in [0, 0.1) is 0 Å². The first-order valence-corrected chi connectivity index (χ1v) is 4.62. The minimum Gasteiger partial charge on any atom is -0.480 e. The van der Waals surface area contributed by atoms with E-state index in [1.54, 1.807) is 0 Å². The molecule has 0 saturated carbocycles. The molecule has 0 aromatic rings. The number of amides is 1. The van der Waals surface area contributed by atoms with Crippen molar-refractivity contribution in [2.24, 2.45) is 0 Å². The molecule has 0 aliphatic rings. The molecule has 1 atom stereocenters. The maximum Gasteiger partial charge on any atom is 0.323 e. The van der Waals surface area contributed by atoms with Gasteiger partial charge in [0, 0.05) is 13.5 Å². The molecule has 0 aliphatic heterocycles. The van der Waals surface area contributed by atoms with Crippen molar-refractivity contribution in [3.05, 3.63) is 0 Å². The fourth-order valence-electron chi connectivity index (χ4n) is 1.02. The summed E-state index contributed by atoms with van der Waals surface area (Å²) in [5.41, 5.74) is 0. The van der Waals surface area contributed by atoms with Crippen LogP contribution in [0.1, 0.15) is 26.7 Å². The first kappa shape index (κ1) is 12.9. The van der Waals surface area contributed by atoms with Crippen molar-refractivity contribution in [2.45, 2.75) is 32.8 Å². The van der Waals surface area contributed by atoms with E-state index in [0.29, 0.717) is 12.8 Å². The zero-order valence-electron chi connectivity index (χ0n) is 8.56. The average Bonchev–Trinajstić information content (AvgIpc) is 2.10. The standard InChI is InChI=1S/C9H17NO4/c1-3-8(12)4-5-10(7(2)11)6-9(13)14/h8,12H,3-6H2,1-2H3,(H,13,14)/t8-/m0/s1. The van der Waals surface area contributed by atoms with Crippen LogP contribution in [0.2, 0.25) is 0 Å². The van der Waals surface area contributed by atoms with Gasteiger partial charge in [0.25, 0.3) is 0 Å². The van der Waals surface area contributed by atoms with Gasteiger partial charge in [-0.2, -0.15) is 0 Å². The van der Waals surface area contributed by atoms with Gasteiger partial charge in [-0.1, -0.05) is 6.92 Å². The van der Waals surface area contributed by atoms with Gasteiger partial charge in [-0.3, -0.25) is 9.59 Å². The van der Waals surface area contributed by atoms with Gasteiger partial charge in [-0.05, 0) is 12.8 Å². The van der Waals surface area contributed by atoms with Gasteiger partial charge in [-0.25, -0.2) is 0 Å². The Morgan fingerprint density at radius 2 is 2.00 bits per heavy atom. The molecule has 14 heavy (non-hydrogen) atoms. The Hall–Kier alpha value is -1.10. The van der Waals surface area contributed by atoms with Crippen LogP contribution >= 0.6 is 0 Å². The molecule has 0 spiro atoms. The van der Waals surface area contributed by atoms with Gasteiger partial charge in [0.15, 0.2) is 0 Å². The topological polar surface area (TPSA) is 77.8 Å². The van der Waals surface area contributed by atoms with Crippen LogP contribution in [0.5, 0.6) is 0 Å². The summed E-state index contributed by atoms with van der Waals surface area (Å²) in [6, 6.07) is 0. The summed E-state index contributed by atoms with van der Waals surface area (Å²) in [5, 5.41) is 17.7. The highest BCUT2D eigenvalue weighted by molar-refractivity contribution is 5.79. The van der Waals surface area contributed by atoms with Crippen molar-refractivity contribution < 1.29 is 19.8 Å². The smallest absolute Gasteiger partial charge is 0.323 e. The molecule has 0 rings (SSSR count). The van der Waals surface area contributed by atoms with Crippen LogP contribution in [0.25, 0.3) is 0 Å². The second-order valence-corrected chi connectivity index (χ2v) is 3.19. The molecule has 0 saturated heterocycles. The first-order valence-electron chi connectivity index (χ1n) is 4.62. The van der Waals surface area contributed by atoms with Gasteiger partial charge >= 0.3 is 5.97 Å². The van der Waals surface area contributed by atoms with E-state index in [9.17, 15) is 14.7 Å². The molecule has 2 N–H and O–H groups in total. The largest absolute Gasteiger partial charge is 0.480 e. The van der Waals surface area contributed by atoms with Crippen LogP contribution in [0.3, 0.4) is 0 Å². The number of hydrogen-bond donors (Lipinski definition) is 2. The fraction of sp³-hybridized carbons (Fsp3) is 0.778. The maximum atomic E-state index is 11.0. The van der Waals surface area contributed by atoms with Gasteiger partial charge in [0.1, 0.15) is 6.54 Å². The fourth-order valence-corrected chi connectivity index (χ4v) is 1.02. The van der Waals surface area contributed by atoms with E-state index in [4.69, 9.17) is 5.11 Å². The monoisotopic (exact) mass is 203 g/mol. The SMILES string of the molecule is CC[C@H](O)CCN(CC(=O)O)C(C)=O. The number of aliphatic carboxylic acids is 1. The van der Waals surface area contributed by atoms with Gasteiger partial charge in [0.2, 0.25) is 5.91 Å². The Kier molecular flexibility index (Phi) is 5.87. The summed E-state index contributed by atoms with van der Waals surface area (Å²) in [4.78, 5) is 22.5. The molecule has 0 aliphatic carbocycles. The number of aliphatic hydroxyl groups excluding tert-OH is 1. The lowest BCUT2D eigenvalue weighted by Crippen LogP contribution is -2.36. The van der Waals surface area contributed by atoms with Crippen molar-refractivity contribution in [1.82, 2.24) is 4.90 Å². The summed E-state index contributed by atoms with van der Waals surface area (Å²) in [6.45, 7) is 3.14. The number of nitrogens with zero attached hydrogens (tertiary/aromatic N) is 1. The summed E-state index contributed by atoms with van der Waals surface area (Å²) in [6.07, 6.45) is 0.563. The van der Waals surface area contributed by atoms with E-state index in [1.807, 2.05) is 6.92 Å². The molecule has 82 valence electrons. The third-order valence-corrected chi connectivity index (χ3v) is 1.97. The Balaban J connectivity index is 3.97. The summed E-state index contributed by atoms with van der Waals surface area (Å²) in [5.74, 6) is -1.32. The zero-order chi connectivity index (χ0) is 11.1. The van der Waals surface area contributed by atoms with Crippen LogP contribution in [-0.4, -0.2) is 46.2 Å². The Labute approximate surface area is 83.3 Å². The van der Waals surface area contributed by atoms with Crippen molar-refractivity contribution in [2.75, 3.05) is 13.1 Å². The second-order valence-electron chi connectivity index (χ2n) is 3.19. The van der Waals surface area contributed by atoms with Crippen LogP contribution in [-0.2, 0) is 9.59 Å². The molecule has 0 bridgehead atoms. The molecule has 0 heterocycles. The molecule has 5 heteroatoms. The highest BCUT2D eigenvalue weighted by atomic mass is 16.4. The third-order valence-electron chi connectivity index (χ3n) is 1.97. The molecule has 0 fully saturated rings. The molecule has 1 amide bonds. The van der Waals surface area contributed by atoms with E-state index < -0.39 is 12.1 Å². The minimum absolute atomic E-state index is 0.282. The Bertz CT molecular complexity index is 205. The molecule has 5 nitrogen and oxygen atoms in total. The van der Waals surface area contributed by atoms with Crippen molar-refractivity contribution in [3.8, 4) is 0 Å². The molecular weight excluding hydrogens is 186 g/mol. The summed E-state index contributed by atoms with van der Waals surface area (Å²) in [7, 11) is 0. The molecule has 0 unspecified atom stereocenters. The quantitative estimate of drug-likeness (QED) is 0.641. The van der Waals surface area contributed by atoms with Crippen LogP contribution in [0.15, 0.2) is 0 Å². The zero-order valence-corrected chi connectivity index (χ0v) is 8.56. The number of rotatable bonds is 6. The van der Waals surface area contributed by atoms with Crippen molar-refractivity contribution in [3.63, 3.8) is 0 Å². The summed E-state index contributed by atoms with van der Waals surface area (Å²) >= 11 is 0. The minimum atomic E-state index is -1.04. The Morgan fingerprint density at radius 1 is 1.43 bits per heavy atom. The number of hydrogen-bond acceptors (Lipinski definition) is 3. The average molecular weight is 203 g/mol. The number of carboxylic acid groups (broad SMARTS) is 1. The van der Waals surface area contributed by atoms with Gasteiger partial charge < -0.3 is 15.1 Å². The van der Waals surface area contributed by atoms with E-state index >= 15 is 0 Å². The van der Waals surface area contributed by atoms with Gasteiger partial charge in [-0.15, -0.1) is 0 Å². The number of carbonyl (C=O) groups is 2. The van der Waals surface area contributed by atoms with E-state index in [2.05, 4.69) is 0 Å². The normalized spacial score (nSPS) is 12.2. The van der Waals surface area contributed by atoms with Crippen LogP contribution in [0.4, 0.5) is 0 Å². The lowest BCUT2D eigenvalue weighted by molar-refractivity contribution is -0.143. The molecule has 0 aromatic heterocycles. The number of carboxylic acids is 1. The lowest BCUT2D eigenvalue weighted by atomic mass is 10.2. The van der Waals surface area contributed by atoms with E-state index in [1.165, 1.54) is 11.8 Å². The number of carbonyl (C=O) groups excluding carboxylic acids is 1. The third kappa shape index (κ3) is 5.53. The lowest BCUT2D eigenvalue weighted by Gasteiger charge is -2.19. The first-order chi connectivity index (χ1) is 6.47. The van der Waals surface area contributed by atoms with Crippen LogP contribution < -0.4 is 0 Å². The predicted molar refractivity (Wildman–Crippen MR) is 50.8 cm³/mol. The van der Waals surface area contributed by atoms with Crippen molar-refractivity contribution >= 4 is 11.9 Å². The van der Waals surface area contributed by atoms with Crippen molar-refractivity contribution in [1.29, 1.82) is 0 Å². The molecule has 0 radical (unpaired) electrons. The molecule has 0 aromatic carbocycles. The number of aliphatic hydroxyl groups is 1. The highest BCUT2D eigenvalue weighted by Gasteiger charge is 2.13. The Morgan fingerprint density at radius 3 is 2.36 bits per heavy atom. The van der Waals surface area contributed by atoms with E-state index in [0.717, 1.165) is 0 Å².